The topological polar surface area (TPSA) is 58.6 Å². The van der Waals surface area contributed by atoms with Gasteiger partial charge in [0.25, 0.3) is 11.5 Å². The van der Waals surface area contributed by atoms with Gasteiger partial charge in [-0.05, 0) is 36.0 Å². The Hall–Kier alpha value is -2.39. The van der Waals surface area contributed by atoms with Crippen LogP contribution in [0.4, 0.5) is 13.2 Å². The molecule has 0 aliphatic carbocycles. The summed E-state index contributed by atoms with van der Waals surface area (Å²) in [6, 6.07) is 15.4. The minimum atomic E-state index is -4.97. The van der Waals surface area contributed by atoms with E-state index in [0.717, 1.165) is 12.7 Å². The summed E-state index contributed by atoms with van der Waals surface area (Å²) in [5.74, 6) is -1.17. The number of nitrogens with one attached hydrogen (secondary N) is 1. The SMILES string of the molecule is CO[C@](C(=O)N1CCC2(CC1)CC(=O)NC[C@H]2c1ccccc1)(c1cccc(Br)c1)C(F)(F)F. The lowest BCUT2D eigenvalue weighted by atomic mass is 9.62. The highest BCUT2D eigenvalue weighted by Gasteiger charge is 2.64. The van der Waals surface area contributed by atoms with E-state index in [-0.39, 0.29) is 36.9 Å². The van der Waals surface area contributed by atoms with Crippen LogP contribution in [0.5, 0.6) is 0 Å². The second-order valence-electron chi connectivity index (χ2n) is 8.99. The number of ether oxygens (including phenoxy) is 1. The number of methoxy groups -OCH3 is 1. The number of hydrogen-bond acceptors (Lipinski definition) is 3. The molecule has 2 amide bonds. The van der Waals surface area contributed by atoms with Gasteiger partial charge in [-0.3, -0.25) is 9.59 Å². The maximum atomic E-state index is 14.4. The molecular formula is C25H26BrF3N2O3. The molecule has 2 aliphatic heterocycles. The first-order chi connectivity index (χ1) is 16.1. The second kappa shape index (κ2) is 9.34. The predicted molar refractivity (Wildman–Crippen MR) is 124 cm³/mol. The van der Waals surface area contributed by atoms with Gasteiger partial charge in [0.15, 0.2) is 0 Å². The number of benzene rings is 2. The fourth-order valence-electron chi connectivity index (χ4n) is 5.43. The fourth-order valence-corrected chi connectivity index (χ4v) is 5.83. The van der Waals surface area contributed by atoms with Crippen molar-refractivity contribution < 1.29 is 27.5 Å². The predicted octanol–water partition coefficient (Wildman–Crippen LogP) is 4.77. The third-order valence-electron chi connectivity index (χ3n) is 7.24. The number of halogens is 4. The third-order valence-corrected chi connectivity index (χ3v) is 7.73. The molecule has 4 rings (SSSR count). The van der Waals surface area contributed by atoms with Gasteiger partial charge in [0.1, 0.15) is 0 Å². The van der Waals surface area contributed by atoms with Crippen LogP contribution in [0.3, 0.4) is 0 Å². The lowest BCUT2D eigenvalue weighted by Crippen LogP contribution is -2.60. The normalized spacial score (nSPS) is 22.2. The maximum Gasteiger partial charge on any atom is 0.430 e. The molecule has 2 aromatic rings. The molecule has 1 spiro atoms. The molecule has 34 heavy (non-hydrogen) atoms. The van der Waals surface area contributed by atoms with Crippen LogP contribution in [-0.4, -0.2) is 49.6 Å². The third kappa shape index (κ3) is 4.24. The zero-order valence-corrected chi connectivity index (χ0v) is 20.3. The molecule has 0 unspecified atom stereocenters. The molecule has 2 atom stereocenters. The Labute approximate surface area is 204 Å². The number of carbonyl (C=O) groups is 2. The molecule has 5 nitrogen and oxygen atoms in total. The van der Waals surface area contributed by atoms with E-state index in [0.29, 0.717) is 23.9 Å². The monoisotopic (exact) mass is 538 g/mol. The molecule has 2 aromatic carbocycles. The van der Waals surface area contributed by atoms with Crippen molar-refractivity contribution in [3.8, 4) is 0 Å². The molecule has 1 N–H and O–H groups in total. The number of hydrogen-bond donors (Lipinski definition) is 1. The summed E-state index contributed by atoms with van der Waals surface area (Å²) in [5, 5.41) is 2.92. The molecule has 2 fully saturated rings. The fraction of sp³-hybridized carbons (Fsp3) is 0.440. The molecule has 0 radical (unpaired) electrons. The van der Waals surface area contributed by atoms with Crippen LogP contribution >= 0.6 is 15.9 Å². The highest BCUT2D eigenvalue weighted by Crippen LogP contribution is 2.50. The van der Waals surface area contributed by atoms with Gasteiger partial charge < -0.3 is 15.0 Å². The highest BCUT2D eigenvalue weighted by molar-refractivity contribution is 9.10. The van der Waals surface area contributed by atoms with Crippen LogP contribution in [0.2, 0.25) is 0 Å². The molecule has 2 heterocycles. The number of amides is 2. The quantitative estimate of drug-likeness (QED) is 0.610. The van der Waals surface area contributed by atoms with Gasteiger partial charge in [0.2, 0.25) is 5.91 Å². The summed E-state index contributed by atoms with van der Waals surface area (Å²) in [6.45, 7) is 0.703. The van der Waals surface area contributed by atoms with E-state index in [2.05, 4.69) is 21.2 Å². The van der Waals surface area contributed by atoms with E-state index >= 15 is 0 Å². The number of rotatable bonds is 4. The Bertz CT molecular complexity index is 1050. The summed E-state index contributed by atoms with van der Waals surface area (Å²) in [7, 11) is 0.911. The first-order valence-electron chi connectivity index (χ1n) is 11.1. The lowest BCUT2D eigenvalue weighted by Gasteiger charge is -2.50. The zero-order valence-electron chi connectivity index (χ0n) is 18.7. The van der Waals surface area contributed by atoms with Crippen LogP contribution in [0, 0.1) is 5.41 Å². The van der Waals surface area contributed by atoms with Crippen LogP contribution in [0.25, 0.3) is 0 Å². The van der Waals surface area contributed by atoms with Crippen molar-refractivity contribution in [2.24, 2.45) is 5.41 Å². The average Bonchev–Trinajstić information content (AvgIpc) is 2.80. The highest BCUT2D eigenvalue weighted by atomic mass is 79.9. The van der Waals surface area contributed by atoms with E-state index < -0.39 is 23.1 Å². The Morgan fingerprint density at radius 2 is 1.79 bits per heavy atom. The van der Waals surface area contributed by atoms with Crippen LogP contribution < -0.4 is 5.32 Å². The Balaban J connectivity index is 1.63. The Kier molecular flexibility index (Phi) is 6.79. The van der Waals surface area contributed by atoms with Crippen molar-refractivity contribution in [3.63, 3.8) is 0 Å². The Morgan fingerprint density at radius 1 is 1.12 bits per heavy atom. The standard InChI is InChI=1S/C25H26BrF3N2O3/c1-34-24(25(27,28)29,18-8-5-9-19(26)14-18)22(33)31-12-10-23(11-13-31)15-21(32)30-16-20(23)17-6-3-2-4-7-17/h2-9,14,20H,10-13,15-16H2,1H3,(H,30,32)/t20-,24-/m0/s1. The minimum Gasteiger partial charge on any atom is -0.356 e. The molecule has 0 aromatic heterocycles. The number of piperidine rings is 2. The summed E-state index contributed by atoms with van der Waals surface area (Å²) in [5.41, 5.74) is -2.71. The lowest BCUT2D eigenvalue weighted by molar-refractivity contribution is -0.271. The molecule has 0 bridgehead atoms. The maximum absolute atomic E-state index is 14.4. The number of nitrogens with zero attached hydrogens (tertiary/aromatic N) is 1. The van der Waals surface area contributed by atoms with E-state index in [9.17, 15) is 22.8 Å². The Morgan fingerprint density at radius 3 is 2.38 bits per heavy atom. The smallest absolute Gasteiger partial charge is 0.356 e. The van der Waals surface area contributed by atoms with Gasteiger partial charge >= 0.3 is 6.18 Å². The van der Waals surface area contributed by atoms with Gasteiger partial charge in [0, 0.05) is 49.1 Å². The van der Waals surface area contributed by atoms with Gasteiger partial charge in [-0.15, -0.1) is 0 Å². The van der Waals surface area contributed by atoms with Gasteiger partial charge in [-0.1, -0.05) is 58.4 Å². The van der Waals surface area contributed by atoms with Crippen molar-refractivity contribution in [2.45, 2.75) is 37.0 Å². The van der Waals surface area contributed by atoms with Crippen LogP contribution in [0.1, 0.15) is 36.3 Å². The van der Waals surface area contributed by atoms with Gasteiger partial charge in [0.05, 0.1) is 0 Å². The molecule has 2 aliphatic rings. The summed E-state index contributed by atoms with van der Waals surface area (Å²) < 4.78 is 48.7. The molecule has 2 saturated heterocycles. The van der Waals surface area contributed by atoms with Crippen molar-refractivity contribution in [2.75, 3.05) is 26.7 Å². The first kappa shape index (κ1) is 24.7. The summed E-state index contributed by atoms with van der Waals surface area (Å²) in [6.07, 6.45) is -3.81. The molecule has 0 saturated carbocycles. The van der Waals surface area contributed by atoms with E-state index in [1.807, 2.05) is 30.3 Å². The first-order valence-corrected chi connectivity index (χ1v) is 11.9. The second-order valence-corrected chi connectivity index (χ2v) is 9.91. The van der Waals surface area contributed by atoms with Crippen molar-refractivity contribution >= 4 is 27.7 Å². The van der Waals surface area contributed by atoms with E-state index in [1.165, 1.54) is 23.1 Å². The summed E-state index contributed by atoms with van der Waals surface area (Å²) in [4.78, 5) is 27.0. The van der Waals surface area contributed by atoms with Crippen molar-refractivity contribution in [1.82, 2.24) is 10.2 Å². The van der Waals surface area contributed by atoms with E-state index in [1.54, 1.807) is 6.07 Å². The number of carbonyl (C=O) groups excluding carboxylic acids is 2. The van der Waals surface area contributed by atoms with Crippen molar-refractivity contribution in [1.29, 1.82) is 0 Å². The van der Waals surface area contributed by atoms with Gasteiger partial charge in [-0.2, -0.15) is 13.2 Å². The largest absolute Gasteiger partial charge is 0.430 e. The molecule has 9 heteroatoms. The molecule has 182 valence electrons. The number of alkyl halides is 3. The zero-order chi connectivity index (χ0) is 24.6. The van der Waals surface area contributed by atoms with Crippen LogP contribution in [0.15, 0.2) is 59.1 Å². The average molecular weight is 539 g/mol. The van der Waals surface area contributed by atoms with Crippen molar-refractivity contribution in [3.05, 3.63) is 70.2 Å². The van der Waals surface area contributed by atoms with Gasteiger partial charge in [-0.25, -0.2) is 0 Å². The summed E-state index contributed by atoms with van der Waals surface area (Å²) >= 11 is 3.19. The number of likely N-dealkylation sites (tertiary alicyclic amines) is 1. The molecular weight excluding hydrogens is 513 g/mol. The van der Waals surface area contributed by atoms with E-state index in [4.69, 9.17) is 4.74 Å². The van der Waals surface area contributed by atoms with Crippen LogP contribution in [-0.2, 0) is 19.9 Å². The minimum absolute atomic E-state index is 0.0310.